The number of rotatable bonds is 7. The van der Waals surface area contributed by atoms with Gasteiger partial charge in [0.15, 0.2) is 5.11 Å². The lowest BCUT2D eigenvalue weighted by atomic mass is 10.2. The Morgan fingerprint density at radius 3 is 2.25 bits per heavy atom. The lowest BCUT2D eigenvalue weighted by Gasteiger charge is -2.21. The summed E-state index contributed by atoms with van der Waals surface area (Å²) in [6, 6.07) is 8.39. The van der Waals surface area contributed by atoms with Crippen LogP contribution in [0.15, 0.2) is 24.3 Å². The van der Waals surface area contributed by atoms with Gasteiger partial charge in [0.25, 0.3) is 0 Å². The third kappa shape index (κ3) is 5.75. The molecule has 3 N–H and O–H groups in total. The van der Waals surface area contributed by atoms with Crippen molar-refractivity contribution in [3.8, 4) is 0 Å². The van der Waals surface area contributed by atoms with Crippen molar-refractivity contribution in [2.45, 2.75) is 13.8 Å². The second kappa shape index (κ2) is 8.76. The van der Waals surface area contributed by atoms with Crippen molar-refractivity contribution in [1.82, 2.24) is 5.32 Å². The maximum atomic E-state index is 5.28. The minimum absolute atomic E-state index is 0.682. The molecule has 0 spiro atoms. The van der Waals surface area contributed by atoms with E-state index in [1.807, 2.05) is 0 Å². The molecule has 0 bridgehead atoms. The Labute approximate surface area is 128 Å². The molecule has 0 radical (unpaired) electrons. The quantitative estimate of drug-likeness (QED) is 0.654. The summed E-state index contributed by atoms with van der Waals surface area (Å²) in [6.07, 6.45) is 0. The van der Waals surface area contributed by atoms with Gasteiger partial charge in [0.1, 0.15) is 0 Å². The first-order chi connectivity index (χ1) is 9.56. The zero-order valence-electron chi connectivity index (χ0n) is 13.0. The van der Waals surface area contributed by atoms with Crippen LogP contribution in [0, 0.1) is 0 Å². The summed E-state index contributed by atoms with van der Waals surface area (Å²) in [5, 5.41) is 7.10. The van der Waals surface area contributed by atoms with E-state index in [2.05, 4.69) is 67.7 Å². The first-order valence-corrected chi connectivity index (χ1v) is 7.66. The van der Waals surface area contributed by atoms with Gasteiger partial charge in [0, 0.05) is 24.5 Å². The van der Waals surface area contributed by atoms with E-state index >= 15 is 0 Å². The highest BCUT2D eigenvalue weighted by atomic mass is 32.1. The molecule has 4 nitrogen and oxygen atoms in total. The molecule has 0 saturated carbocycles. The predicted octanol–water partition coefficient (Wildman–Crippen LogP) is 0.964. The second-order valence-electron chi connectivity index (χ2n) is 5.06. The molecule has 0 unspecified atom stereocenters. The van der Waals surface area contributed by atoms with E-state index in [1.54, 1.807) is 0 Å². The molecule has 0 saturated heterocycles. The Bertz CT molecular complexity index is 399. The summed E-state index contributed by atoms with van der Waals surface area (Å²) in [7, 11) is 4.26. The van der Waals surface area contributed by atoms with E-state index in [9.17, 15) is 0 Å². The molecule has 112 valence electrons. The highest BCUT2D eigenvalue weighted by molar-refractivity contribution is 7.80. The Hall–Kier alpha value is -1.33. The van der Waals surface area contributed by atoms with Crippen molar-refractivity contribution < 1.29 is 4.90 Å². The van der Waals surface area contributed by atoms with Gasteiger partial charge >= 0.3 is 0 Å². The van der Waals surface area contributed by atoms with E-state index in [1.165, 1.54) is 10.6 Å². The SMILES string of the molecule is CCN(CC)c1ccc(NC(=S)NCC[NH+](C)C)cc1. The molecular weight excluding hydrogens is 268 g/mol. The smallest absolute Gasteiger partial charge is 0.170 e. The molecule has 0 atom stereocenters. The molecular formula is C15H27N4S+. The number of quaternary nitrogens is 1. The van der Waals surface area contributed by atoms with E-state index in [0.29, 0.717) is 5.11 Å². The Morgan fingerprint density at radius 1 is 1.15 bits per heavy atom. The summed E-state index contributed by atoms with van der Waals surface area (Å²) in [5.74, 6) is 0. The Kier molecular flexibility index (Phi) is 7.33. The average Bonchev–Trinajstić information content (AvgIpc) is 2.41. The number of anilines is 2. The molecule has 1 aromatic rings. The number of nitrogens with one attached hydrogen (secondary N) is 3. The van der Waals surface area contributed by atoms with E-state index < -0.39 is 0 Å². The van der Waals surface area contributed by atoms with Crippen molar-refractivity contribution in [1.29, 1.82) is 0 Å². The largest absolute Gasteiger partial charge is 0.372 e. The van der Waals surface area contributed by atoms with E-state index in [0.717, 1.165) is 31.9 Å². The first-order valence-electron chi connectivity index (χ1n) is 7.25. The molecule has 5 heteroatoms. The Morgan fingerprint density at radius 2 is 1.75 bits per heavy atom. The van der Waals surface area contributed by atoms with E-state index in [4.69, 9.17) is 12.2 Å². The van der Waals surface area contributed by atoms with Crippen LogP contribution in [-0.4, -0.2) is 45.4 Å². The topological polar surface area (TPSA) is 31.7 Å². The predicted molar refractivity (Wildman–Crippen MR) is 91.9 cm³/mol. The fraction of sp³-hybridized carbons (Fsp3) is 0.533. The normalized spacial score (nSPS) is 10.4. The molecule has 1 rings (SSSR count). The van der Waals surface area contributed by atoms with Gasteiger partial charge in [-0.1, -0.05) is 0 Å². The summed E-state index contributed by atoms with van der Waals surface area (Å²) in [5.41, 5.74) is 2.27. The standard InChI is InChI=1S/C15H26N4S/c1-5-19(6-2)14-9-7-13(8-10-14)17-15(20)16-11-12-18(3)4/h7-10H,5-6,11-12H2,1-4H3,(H2,16,17,20)/p+1. The highest BCUT2D eigenvalue weighted by Crippen LogP contribution is 2.17. The maximum Gasteiger partial charge on any atom is 0.170 e. The van der Waals surface area contributed by atoms with Gasteiger partial charge in [0.05, 0.1) is 27.2 Å². The van der Waals surface area contributed by atoms with Crippen molar-refractivity contribution >= 4 is 28.7 Å². The fourth-order valence-electron chi connectivity index (χ4n) is 1.95. The summed E-state index contributed by atoms with van der Waals surface area (Å²) < 4.78 is 0. The number of nitrogens with zero attached hydrogens (tertiary/aromatic N) is 1. The number of likely N-dealkylation sites (N-methyl/N-ethyl adjacent to an activating group) is 1. The van der Waals surface area contributed by atoms with Crippen LogP contribution in [0.1, 0.15) is 13.8 Å². The lowest BCUT2D eigenvalue weighted by Crippen LogP contribution is -3.06. The zero-order valence-corrected chi connectivity index (χ0v) is 13.8. The molecule has 0 aliphatic heterocycles. The van der Waals surface area contributed by atoms with Crippen LogP contribution in [0.5, 0.6) is 0 Å². The van der Waals surface area contributed by atoms with Crippen LogP contribution in [0.4, 0.5) is 11.4 Å². The van der Waals surface area contributed by atoms with Crippen LogP contribution in [0.2, 0.25) is 0 Å². The minimum Gasteiger partial charge on any atom is -0.372 e. The van der Waals surface area contributed by atoms with Crippen molar-refractivity contribution in [3.63, 3.8) is 0 Å². The van der Waals surface area contributed by atoms with Crippen LogP contribution in [0.3, 0.4) is 0 Å². The fourth-order valence-corrected chi connectivity index (χ4v) is 2.17. The lowest BCUT2D eigenvalue weighted by molar-refractivity contribution is -0.856. The van der Waals surface area contributed by atoms with Crippen molar-refractivity contribution in [2.24, 2.45) is 0 Å². The third-order valence-corrected chi connectivity index (χ3v) is 3.41. The molecule has 0 aromatic heterocycles. The monoisotopic (exact) mass is 295 g/mol. The molecule has 0 heterocycles. The number of hydrogen-bond donors (Lipinski definition) is 3. The summed E-state index contributed by atoms with van der Waals surface area (Å²) in [4.78, 5) is 3.73. The van der Waals surface area contributed by atoms with Gasteiger partial charge in [-0.3, -0.25) is 0 Å². The highest BCUT2D eigenvalue weighted by Gasteiger charge is 2.02. The Balaban J connectivity index is 2.46. The van der Waals surface area contributed by atoms with Crippen LogP contribution in [0.25, 0.3) is 0 Å². The second-order valence-corrected chi connectivity index (χ2v) is 5.47. The van der Waals surface area contributed by atoms with Crippen molar-refractivity contribution in [2.75, 3.05) is 50.5 Å². The zero-order chi connectivity index (χ0) is 15.0. The third-order valence-electron chi connectivity index (χ3n) is 3.16. The average molecular weight is 295 g/mol. The van der Waals surface area contributed by atoms with Gasteiger partial charge in [0.2, 0.25) is 0 Å². The van der Waals surface area contributed by atoms with Gasteiger partial charge < -0.3 is 20.4 Å². The first kappa shape index (κ1) is 16.7. The van der Waals surface area contributed by atoms with Crippen LogP contribution in [-0.2, 0) is 0 Å². The number of thiocarbonyl (C=S) groups is 1. The molecule has 0 aliphatic rings. The van der Waals surface area contributed by atoms with Crippen LogP contribution >= 0.6 is 12.2 Å². The van der Waals surface area contributed by atoms with Gasteiger partial charge in [-0.2, -0.15) is 0 Å². The van der Waals surface area contributed by atoms with Crippen molar-refractivity contribution in [3.05, 3.63) is 24.3 Å². The van der Waals surface area contributed by atoms with Gasteiger partial charge in [-0.15, -0.1) is 0 Å². The van der Waals surface area contributed by atoms with E-state index in [-0.39, 0.29) is 0 Å². The molecule has 0 amide bonds. The number of hydrogen-bond acceptors (Lipinski definition) is 2. The van der Waals surface area contributed by atoms with Gasteiger partial charge in [-0.25, -0.2) is 0 Å². The van der Waals surface area contributed by atoms with Crippen LogP contribution < -0.4 is 20.4 Å². The summed E-state index contributed by atoms with van der Waals surface area (Å²) in [6.45, 7) is 8.31. The maximum absolute atomic E-state index is 5.28. The summed E-state index contributed by atoms with van der Waals surface area (Å²) >= 11 is 5.28. The molecule has 0 fully saturated rings. The number of benzene rings is 1. The minimum atomic E-state index is 0.682. The molecule has 20 heavy (non-hydrogen) atoms. The van der Waals surface area contributed by atoms with Gasteiger partial charge in [-0.05, 0) is 50.3 Å². The molecule has 0 aliphatic carbocycles. The molecule has 1 aromatic carbocycles.